The molecule has 0 fully saturated rings. The molecule has 0 aromatic rings. The summed E-state index contributed by atoms with van der Waals surface area (Å²) in [4.78, 5) is 0. The van der Waals surface area contributed by atoms with Crippen molar-refractivity contribution in [3.05, 3.63) is 23.3 Å². The van der Waals surface area contributed by atoms with Gasteiger partial charge in [0.2, 0.25) is 0 Å². The summed E-state index contributed by atoms with van der Waals surface area (Å²) in [6, 6.07) is 0. The van der Waals surface area contributed by atoms with E-state index in [4.69, 9.17) is 10.3 Å². The maximum atomic E-state index is 8.72. The van der Waals surface area contributed by atoms with Crippen LogP contribution in [0, 0.1) is 0 Å². The molecule has 0 radical (unpaired) electrons. The summed E-state index contributed by atoms with van der Waals surface area (Å²) < 4.78 is 0. The molecule has 0 saturated carbocycles. The van der Waals surface area contributed by atoms with Crippen LogP contribution in [0.4, 0.5) is 0 Å². The maximum Gasteiger partial charge on any atom is 0.0734 e. The van der Waals surface area contributed by atoms with Gasteiger partial charge in [0.1, 0.15) is 0 Å². The smallest absolute Gasteiger partial charge is 0.0734 e. The molecular weight excluding hydrogens is 130 g/mol. The van der Waals surface area contributed by atoms with Crippen molar-refractivity contribution < 1.29 is 10.3 Å². The highest BCUT2D eigenvalue weighted by Crippen LogP contribution is 2.16. The van der Waals surface area contributed by atoms with Gasteiger partial charge in [0.25, 0.3) is 0 Å². The Bertz CT molecular complexity index is 204. The molecule has 3 heteroatoms. The van der Waals surface area contributed by atoms with Gasteiger partial charge < -0.3 is 10.3 Å². The lowest BCUT2D eigenvalue weighted by Crippen LogP contribution is -1.91. The first kappa shape index (κ1) is 7.02. The fourth-order valence-electron chi connectivity index (χ4n) is 0.916. The highest BCUT2D eigenvalue weighted by atomic mass is 16.4. The molecule has 1 aliphatic rings. The van der Waals surface area contributed by atoms with Crippen LogP contribution in [0.2, 0.25) is 0 Å². The van der Waals surface area contributed by atoms with E-state index >= 15 is 0 Å². The van der Waals surface area contributed by atoms with E-state index in [0.29, 0.717) is 0 Å². The zero-order valence-corrected chi connectivity index (χ0v) is 5.49. The van der Waals surface area contributed by atoms with Gasteiger partial charge in [0.15, 0.2) is 0 Å². The Balaban J connectivity index is 2.76. The average Bonchev–Trinajstić information content (AvgIpc) is 2.36. The summed E-state index contributed by atoms with van der Waals surface area (Å²) in [5, 5.41) is 19.8. The lowest BCUT2D eigenvalue weighted by atomic mass is 10.2. The topological polar surface area (TPSA) is 52.8 Å². The van der Waals surface area contributed by atoms with Crippen molar-refractivity contribution in [1.82, 2.24) is 0 Å². The lowest BCUT2D eigenvalue weighted by Gasteiger charge is -1.95. The molecular formula is C7H9NO2. The molecule has 1 rings (SSSR count). The number of hydrogen-bond acceptors (Lipinski definition) is 3. The number of allylic oxidation sites excluding steroid dienone is 3. The third-order valence-electron chi connectivity index (χ3n) is 1.46. The summed E-state index contributed by atoms with van der Waals surface area (Å²) in [7, 11) is 0. The van der Waals surface area contributed by atoms with Gasteiger partial charge >= 0.3 is 0 Å². The number of rotatable bonds is 2. The second-order valence-electron chi connectivity index (χ2n) is 2.07. The average molecular weight is 139 g/mol. The molecule has 0 unspecified atom stereocenters. The Labute approximate surface area is 59.0 Å². The van der Waals surface area contributed by atoms with E-state index in [1.807, 2.05) is 12.2 Å². The van der Waals surface area contributed by atoms with Crippen molar-refractivity contribution in [3.63, 3.8) is 0 Å². The molecule has 0 atom stereocenters. The van der Waals surface area contributed by atoms with Crippen LogP contribution >= 0.6 is 0 Å². The molecule has 0 amide bonds. The van der Waals surface area contributed by atoms with E-state index in [0.717, 1.165) is 17.6 Å². The second-order valence-corrected chi connectivity index (χ2v) is 2.07. The van der Waals surface area contributed by atoms with Crippen molar-refractivity contribution in [2.45, 2.75) is 6.42 Å². The zero-order chi connectivity index (χ0) is 7.40. The summed E-state index contributed by atoms with van der Waals surface area (Å²) >= 11 is 0. The molecule has 0 aromatic heterocycles. The van der Waals surface area contributed by atoms with Crippen LogP contribution in [0.25, 0.3) is 0 Å². The molecule has 54 valence electrons. The van der Waals surface area contributed by atoms with Gasteiger partial charge in [-0.05, 0) is 17.6 Å². The molecule has 2 N–H and O–H groups in total. The summed E-state index contributed by atoms with van der Waals surface area (Å²) in [5.74, 6) is 0. The van der Waals surface area contributed by atoms with Gasteiger partial charge in [-0.3, -0.25) is 0 Å². The van der Waals surface area contributed by atoms with Crippen molar-refractivity contribution in [2.24, 2.45) is 5.16 Å². The van der Waals surface area contributed by atoms with Gasteiger partial charge in [-0.1, -0.05) is 17.3 Å². The van der Waals surface area contributed by atoms with Crippen LogP contribution in [0.5, 0.6) is 0 Å². The van der Waals surface area contributed by atoms with Crippen molar-refractivity contribution in [1.29, 1.82) is 0 Å². The van der Waals surface area contributed by atoms with E-state index in [2.05, 4.69) is 5.16 Å². The molecule has 0 aromatic carbocycles. The zero-order valence-electron chi connectivity index (χ0n) is 5.49. The Kier molecular flexibility index (Phi) is 2.23. The molecule has 0 bridgehead atoms. The number of aliphatic hydroxyl groups excluding tert-OH is 1. The summed E-state index contributed by atoms with van der Waals surface area (Å²) in [6.07, 6.45) is 5.83. The minimum atomic E-state index is 0.0361. The number of oxime groups is 1. The van der Waals surface area contributed by atoms with E-state index in [-0.39, 0.29) is 6.61 Å². The normalized spacial score (nSPS) is 17.7. The number of hydrogen-bond donors (Lipinski definition) is 2. The second kappa shape index (κ2) is 3.17. The lowest BCUT2D eigenvalue weighted by molar-refractivity contribution is 0.321. The standard InChI is InChI=1S/C7H9NO2/c9-5-7-3-1-2-6(7)4-8-10/h1-2,4,9-10H,3,5H2/b8-4+. The molecule has 0 spiro atoms. The summed E-state index contributed by atoms with van der Waals surface area (Å²) in [6.45, 7) is 0.0361. The molecule has 0 heterocycles. The molecule has 10 heavy (non-hydrogen) atoms. The third-order valence-corrected chi connectivity index (χ3v) is 1.46. The van der Waals surface area contributed by atoms with Crippen LogP contribution in [-0.2, 0) is 0 Å². The Morgan fingerprint density at radius 3 is 3.10 bits per heavy atom. The first-order valence-corrected chi connectivity index (χ1v) is 3.05. The molecule has 0 saturated heterocycles. The van der Waals surface area contributed by atoms with E-state index in [1.165, 1.54) is 6.21 Å². The minimum Gasteiger partial charge on any atom is -0.411 e. The fourth-order valence-corrected chi connectivity index (χ4v) is 0.916. The fraction of sp³-hybridized carbons (Fsp3) is 0.286. The van der Waals surface area contributed by atoms with E-state index in [1.54, 1.807) is 0 Å². The third kappa shape index (κ3) is 1.25. The van der Waals surface area contributed by atoms with Crippen LogP contribution < -0.4 is 0 Å². The number of nitrogens with zero attached hydrogens (tertiary/aromatic N) is 1. The van der Waals surface area contributed by atoms with E-state index < -0.39 is 0 Å². The van der Waals surface area contributed by atoms with Gasteiger partial charge in [-0.25, -0.2) is 0 Å². The quantitative estimate of drug-likeness (QED) is 0.336. The van der Waals surface area contributed by atoms with Crippen LogP contribution in [0.1, 0.15) is 6.42 Å². The van der Waals surface area contributed by atoms with Crippen LogP contribution in [-0.4, -0.2) is 23.1 Å². The minimum absolute atomic E-state index is 0.0361. The largest absolute Gasteiger partial charge is 0.411 e. The van der Waals surface area contributed by atoms with Gasteiger partial charge in [-0.15, -0.1) is 0 Å². The predicted molar refractivity (Wildman–Crippen MR) is 38.1 cm³/mol. The predicted octanol–water partition coefficient (Wildman–Crippen LogP) is 0.695. The summed E-state index contributed by atoms with van der Waals surface area (Å²) in [5.41, 5.74) is 1.71. The first-order chi connectivity index (χ1) is 4.88. The van der Waals surface area contributed by atoms with Crippen molar-refractivity contribution in [2.75, 3.05) is 6.61 Å². The van der Waals surface area contributed by atoms with E-state index in [9.17, 15) is 0 Å². The first-order valence-electron chi connectivity index (χ1n) is 3.05. The van der Waals surface area contributed by atoms with Crippen LogP contribution in [0.15, 0.2) is 28.5 Å². The van der Waals surface area contributed by atoms with Gasteiger partial charge in [0, 0.05) is 0 Å². The molecule has 1 aliphatic carbocycles. The van der Waals surface area contributed by atoms with Crippen molar-refractivity contribution >= 4 is 6.21 Å². The van der Waals surface area contributed by atoms with Crippen LogP contribution in [0.3, 0.4) is 0 Å². The van der Waals surface area contributed by atoms with Gasteiger partial charge in [-0.2, -0.15) is 0 Å². The number of aliphatic hydroxyl groups is 1. The Morgan fingerprint density at radius 1 is 1.70 bits per heavy atom. The molecule has 3 nitrogen and oxygen atoms in total. The maximum absolute atomic E-state index is 8.72. The highest BCUT2D eigenvalue weighted by Gasteiger charge is 2.04. The van der Waals surface area contributed by atoms with Gasteiger partial charge in [0.05, 0.1) is 12.8 Å². The van der Waals surface area contributed by atoms with Crippen molar-refractivity contribution in [3.8, 4) is 0 Å². The Morgan fingerprint density at radius 2 is 2.50 bits per heavy atom. The SMILES string of the molecule is OCC1=C(/C=N/O)C=CC1. The molecule has 0 aliphatic heterocycles. The monoisotopic (exact) mass is 139 g/mol. The Hall–Kier alpha value is -1.09. The highest BCUT2D eigenvalue weighted by molar-refractivity contribution is 5.84.